The maximum absolute atomic E-state index is 15.0. The highest BCUT2D eigenvalue weighted by atomic mass is 19.1. The summed E-state index contributed by atoms with van der Waals surface area (Å²) in [5.41, 5.74) is -1.14. The Bertz CT molecular complexity index is 550. The van der Waals surface area contributed by atoms with Gasteiger partial charge in [0, 0.05) is 31.9 Å². The average molecular weight is 321 g/mol. The summed E-state index contributed by atoms with van der Waals surface area (Å²) in [6.07, 6.45) is 4.29. The van der Waals surface area contributed by atoms with Crippen LogP contribution >= 0.6 is 0 Å². The van der Waals surface area contributed by atoms with Crippen molar-refractivity contribution in [3.05, 3.63) is 30.1 Å². The number of nitrogens with one attached hydrogen (secondary N) is 1. The van der Waals surface area contributed by atoms with Crippen LogP contribution in [0.5, 0.6) is 0 Å². The van der Waals surface area contributed by atoms with Gasteiger partial charge in [-0.05, 0) is 36.5 Å². The van der Waals surface area contributed by atoms with Crippen LogP contribution < -0.4 is 5.32 Å². The second-order valence-corrected chi connectivity index (χ2v) is 6.52. The quantitative estimate of drug-likeness (QED) is 0.903. The first kappa shape index (κ1) is 17.4. The molecule has 2 rings (SSSR count). The van der Waals surface area contributed by atoms with Crippen LogP contribution in [0.4, 0.5) is 4.39 Å². The summed E-state index contributed by atoms with van der Waals surface area (Å²) in [5, 5.41) is 2.63. The molecule has 1 aliphatic rings. The lowest BCUT2D eigenvalue weighted by atomic mass is 9.93. The van der Waals surface area contributed by atoms with E-state index in [4.69, 9.17) is 0 Å². The van der Waals surface area contributed by atoms with Gasteiger partial charge in [-0.15, -0.1) is 0 Å². The van der Waals surface area contributed by atoms with Crippen molar-refractivity contribution in [2.45, 2.75) is 45.3 Å². The maximum Gasteiger partial charge on any atom is 0.259 e. The van der Waals surface area contributed by atoms with Crippen LogP contribution in [-0.2, 0) is 16.1 Å². The van der Waals surface area contributed by atoms with E-state index in [-0.39, 0.29) is 31.3 Å². The van der Waals surface area contributed by atoms with Crippen LogP contribution in [0.15, 0.2) is 24.5 Å². The SMILES string of the molecule is CC(C)CC(=O)N1CCCC(F)(C(=O)NCc2ccncc2)C1. The van der Waals surface area contributed by atoms with Crippen LogP contribution in [0.3, 0.4) is 0 Å². The van der Waals surface area contributed by atoms with Crippen molar-refractivity contribution >= 4 is 11.8 Å². The number of amides is 2. The lowest BCUT2D eigenvalue weighted by Gasteiger charge is -2.36. The van der Waals surface area contributed by atoms with Crippen molar-refractivity contribution in [2.24, 2.45) is 5.92 Å². The molecule has 1 aromatic heterocycles. The molecule has 1 unspecified atom stereocenters. The third kappa shape index (κ3) is 4.74. The number of hydrogen-bond acceptors (Lipinski definition) is 3. The summed E-state index contributed by atoms with van der Waals surface area (Å²) < 4.78 is 15.0. The Morgan fingerprint density at radius 2 is 2.09 bits per heavy atom. The van der Waals surface area contributed by atoms with Gasteiger partial charge in [0.05, 0.1) is 6.54 Å². The third-order valence-corrected chi connectivity index (χ3v) is 3.99. The van der Waals surface area contributed by atoms with Crippen molar-refractivity contribution in [2.75, 3.05) is 13.1 Å². The zero-order valence-corrected chi connectivity index (χ0v) is 13.7. The Balaban J connectivity index is 1.94. The Kier molecular flexibility index (Phi) is 5.69. The van der Waals surface area contributed by atoms with Gasteiger partial charge < -0.3 is 10.2 Å². The van der Waals surface area contributed by atoms with Crippen LogP contribution in [0.25, 0.3) is 0 Å². The molecule has 2 heterocycles. The van der Waals surface area contributed by atoms with E-state index in [1.165, 1.54) is 4.90 Å². The van der Waals surface area contributed by atoms with E-state index in [1.807, 2.05) is 13.8 Å². The summed E-state index contributed by atoms with van der Waals surface area (Å²) in [5.74, 6) is -0.501. The fourth-order valence-electron chi connectivity index (χ4n) is 2.73. The molecule has 23 heavy (non-hydrogen) atoms. The first-order valence-corrected chi connectivity index (χ1v) is 8.04. The minimum Gasteiger partial charge on any atom is -0.349 e. The van der Waals surface area contributed by atoms with Gasteiger partial charge in [-0.1, -0.05) is 13.8 Å². The number of carbonyl (C=O) groups excluding carboxylic acids is 2. The lowest BCUT2D eigenvalue weighted by Crippen LogP contribution is -2.55. The Morgan fingerprint density at radius 1 is 1.39 bits per heavy atom. The number of piperidine rings is 1. The molecular formula is C17H24FN3O2. The molecule has 0 bridgehead atoms. The highest BCUT2D eigenvalue weighted by Gasteiger charge is 2.43. The van der Waals surface area contributed by atoms with Crippen LogP contribution in [-0.4, -0.2) is 40.5 Å². The first-order valence-electron chi connectivity index (χ1n) is 8.04. The van der Waals surface area contributed by atoms with Crippen molar-refractivity contribution < 1.29 is 14.0 Å². The van der Waals surface area contributed by atoms with E-state index >= 15 is 0 Å². The molecule has 1 saturated heterocycles. The van der Waals surface area contributed by atoms with E-state index in [0.29, 0.717) is 19.4 Å². The molecule has 1 aromatic rings. The van der Waals surface area contributed by atoms with E-state index in [2.05, 4.69) is 10.3 Å². The fourth-order valence-corrected chi connectivity index (χ4v) is 2.73. The van der Waals surface area contributed by atoms with Crippen LogP contribution in [0.1, 0.15) is 38.7 Å². The van der Waals surface area contributed by atoms with Gasteiger partial charge in [-0.2, -0.15) is 0 Å². The fraction of sp³-hybridized carbons (Fsp3) is 0.588. The number of alkyl halides is 1. The van der Waals surface area contributed by atoms with Gasteiger partial charge in [0.25, 0.3) is 5.91 Å². The summed E-state index contributed by atoms with van der Waals surface area (Å²) in [6.45, 7) is 4.53. The van der Waals surface area contributed by atoms with Gasteiger partial charge in [-0.3, -0.25) is 14.6 Å². The topological polar surface area (TPSA) is 62.3 Å². The molecule has 0 aromatic carbocycles. The van der Waals surface area contributed by atoms with E-state index in [0.717, 1.165) is 5.56 Å². The van der Waals surface area contributed by atoms with Crippen molar-refractivity contribution in [3.63, 3.8) is 0 Å². The Labute approximate surface area is 136 Å². The molecule has 6 heteroatoms. The summed E-state index contributed by atoms with van der Waals surface area (Å²) >= 11 is 0. The Hall–Kier alpha value is -1.98. The van der Waals surface area contributed by atoms with E-state index < -0.39 is 11.6 Å². The number of pyridine rings is 1. The van der Waals surface area contributed by atoms with E-state index in [9.17, 15) is 14.0 Å². The molecule has 1 N–H and O–H groups in total. The number of likely N-dealkylation sites (tertiary alicyclic amines) is 1. The van der Waals surface area contributed by atoms with Crippen LogP contribution in [0, 0.1) is 5.92 Å². The van der Waals surface area contributed by atoms with E-state index in [1.54, 1.807) is 24.5 Å². The summed E-state index contributed by atoms with van der Waals surface area (Å²) in [6, 6.07) is 3.54. The predicted octanol–water partition coefficient (Wildman–Crippen LogP) is 2.07. The molecule has 1 aliphatic heterocycles. The molecule has 0 saturated carbocycles. The standard InChI is InChI=1S/C17H24FN3O2/c1-13(2)10-15(22)21-9-3-6-17(18,12-21)16(23)20-11-14-4-7-19-8-5-14/h4-5,7-8,13H,3,6,9-12H2,1-2H3,(H,20,23). The zero-order valence-electron chi connectivity index (χ0n) is 13.7. The molecule has 2 amide bonds. The number of carbonyl (C=O) groups is 2. The highest BCUT2D eigenvalue weighted by molar-refractivity contribution is 5.86. The predicted molar refractivity (Wildman–Crippen MR) is 85.2 cm³/mol. The Morgan fingerprint density at radius 3 is 2.74 bits per heavy atom. The van der Waals surface area contributed by atoms with Gasteiger partial charge in [0.15, 0.2) is 0 Å². The van der Waals surface area contributed by atoms with Gasteiger partial charge in [0.2, 0.25) is 11.6 Å². The summed E-state index contributed by atoms with van der Waals surface area (Å²) in [7, 11) is 0. The molecule has 126 valence electrons. The zero-order chi connectivity index (χ0) is 16.9. The molecule has 0 radical (unpaired) electrons. The van der Waals surface area contributed by atoms with Crippen LogP contribution in [0.2, 0.25) is 0 Å². The second kappa shape index (κ2) is 7.53. The molecular weight excluding hydrogens is 297 g/mol. The molecule has 1 fully saturated rings. The number of halogens is 1. The number of hydrogen-bond donors (Lipinski definition) is 1. The molecule has 0 aliphatic carbocycles. The summed E-state index contributed by atoms with van der Waals surface area (Å²) in [4.78, 5) is 29.7. The molecule has 0 spiro atoms. The number of rotatable bonds is 5. The van der Waals surface area contributed by atoms with Gasteiger partial charge in [0.1, 0.15) is 0 Å². The second-order valence-electron chi connectivity index (χ2n) is 6.52. The van der Waals surface area contributed by atoms with Gasteiger partial charge >= 0.3 is 0 Å². The maximum atomic E-state index is 15.0. The average Bonchev–Trinajstić information content (AvgIpc) is 2.53. The number of aromatic nitrogens is 1. The lowest BCUT2D eigenvalue weighted by molar-refractivity contribution is -0.144. The number of nitrogens with zero attached hydrogens (tertiary/aromatic N) is 2. The van der Waals surface area contributed by atoms with Crippen molar-refractivity contribution in [1.82, 2.24) is 15.2 Å². The third-order valence-electron chi connectivity index (χ3n) is 3.99. The molecule has 5 nitrogen and oxygen atoms in total. The molecule has 1 atom stereocenters. The monoisotopic (exact) mass is 321 g/mol. The van der Waals surface area contributed by atoms with Gasteiger partial charge in [-0.25, -0.2) is 4.39 Å². The first-order chi connectivity index (χ1) is 10.9. The largest absolute Gasteiger partial charge is 0.349 e. The van der Waals surface area contributed by atoms with Crippen molar-refractivity contribution in [3.8, 4) is 0 Å². The minimum atomic E-state index is -2.00. The van der Waals surface area contributed by atoms with Crippen molar-refractivity contribution in [1.29, 1.82) is 0 Å². The minimum absolute atomic E-state index is 0.0799. The highest BCUT2D eigenvalue weighted by Crippen LogP contribution is 2.26. The normalized spacial score (nSPS) is 21.3. The smallest absolute Gasteiger partial charge is 0.259 e.